The van der Waals surface area contributed by atoms with Gasteiger partial charge in [-0.2, -0.15) is 0 Å². The number of carbonyl (C=O) groups is 6. The highest BCUT2D eigenvalue weighted by atomic mass is 16.5. The second-order valence-corrected chi connectivity index (χ2v) is 9.94. The van der Waals surface area contributed by atoms with Gasteiger partial charge in [-0.25, -0.2) is 0 Å². The number of hydrogen-bond acceptors (Lipinski definition) is 12. The Bertz CT molecular complexity index is 1090. The van der Waals surface area contributed by atoms with Crippen LogP contribution in [0.3, 0.4) is 0 Å². The molecule has 0 bridgehead atoms. The van der Waals surface area contributed by atoms with Gasteiger partial charge in [-0.3, -0.25) is 48.9 Å². The number of carboxylic acids is 2. The highest BCUT2D eigenvalue weighted by Crippen LogP contribution is 2.13. The third-order valence-electron chi connectivity index (χ3n) is 6.58. The Hall–Kier alpha value is -3.96. The minimum atomic E-state index is -1.07. The molecule has 1 aromatic carbocycles. The zero-order chi connectivity index (χ0) is 31.6. The van der Waals surface area contributed by atoms with Gasteiger partial charge in [-0.15, -0.1) is 0 Å². The van der Waals surface area contributed by atoms with E-state index >= 15 is 0 Å². The Kier molecular flexibility index (Phi) is 15.8. The molecule has 16 nitrogen and oxygen atoms in total. The van der Waals surface area contributed by atoms with Crippen molar-refractivity contribution in [3.63, 3.8) is 0 Å². The first-order valence-corrected chi connectivity index (χ1v) is 13.8. The fourth-order valence-corrected chi connectivity index (χ4v) is 4.31. The summed E-state index contributed by atoms with van der Waals surface area (Å²) in [7, 11) is 1.31. The summed E-state index contributed by atoms with van der Waals surface area (Å²) in [5, 5.41) is 26.0. The molecular weight excluding hydrogens is 566 g/mol. The van der Waals surface area contributed by atoms with Crippen molar-refractivity contribution in [2.45, 2.75) is 0 Å². The third-order valence-corrected chi connectivity index (χ3v) is 6.58. The lowest BCUT2D eigenvalue weighted by Gasteiger charge is -2.32. The maximum absolute atomic E-state index is 12.9. The van der Waals surface area contributed by atoms with Gasteiger partial charge < -0.3 is 30.4 Å². The first-order chi connectivity index (χ1) is 20.6. The van der Waals surface area contributed by atoms with Gasteiger partial charge in [0.15, 0.2) is 0 Å². The Balaban J connectivity index is 2.01. The number of nitrogens with one attached hydrogen (secondary N) is 3. The second-order valence-electron chi connectivity index (χ2n) is 9.94. The van der Waals surface area contributed by atoms with Gasteiger partial charge in [0.1, 0.15) is 6.29 Å². The highest BCUT2D eigenvalue weighted by molar-refractivity contribution is 5.94. The van der Waals surface area contributed by atoms with Crippen LogP contribution in [0.5, 0.6) is 0 Å². The van der Waals surface area contributed by atoms with Crippen LogP contribution in [-0.4, -0.2) is 165 Å². The zero-order valence-electron chi connectivity index (χ0n) is 24.3. The molecule has 16 heteroatoms. The fourth-order valence-electron chi connectivity index (χ4n) is 4.31. The number of nitrogens with zero attached hydrogens (tertiary/aromatic N) is 4. The van der Waals surface area contributed by atoms with Crippen molar-refractivity contribution in [3.8, 4) is 0 Å². The number of aliphatic carboxylic acids is 2. The van der Waals surface area contributed by atoms with E-state index in [1.807, 2.05) is 14.7 Å². The molecule has 5 N–H and O–H groups in total. The van der Waals surface area contributed by atoms with Gasteiger partial charge >= 0.3 is 17.9 Å². The second kappa shape index (κ2) is 19.3. The van der Waals surface area contributed by atoms with Crippen LogP contribution >= 0.6 is 0 Å². The number of ether oxygens (including phenoxy) is 1. The van der Waals surface area contributed by atoms with Crippen molar-refractivity contribution < 1.29 is 43.7 Å². The van der Waals surface area contributed by atoms with Crippen molar-refractivity contribution >= 4 is 47.4 Å². The molecule has 1 heterocycles. The van der Waals surface area contributed by atoms with Gasteiger partial charge in [0.05, 0.1) is 46.4 Å². The maximum atomic E-state index is 12.9. The fraction of sp³-hybridized carbons (Fsp3) is 0.556. The summed E-state index contributed by atoms with van der Waals surface area (Å²) in [5.41, 5.74) is 0.976. The number of anilines is 2. The van der Waals surface area contributed by atoms with Crippen LogP contribution in [-0.2, 0) is 33.5 Å². The van der Waals surface area contributed by atoms with Gasteiger partial charge in [0, 0.05) is 63.7 Å². The average Bonchev–Trinajstić information content (AvgIpc) is 2.94. The summed E-state index contributed by atoms with van der Waals surface area (Å²) in [6.07, 6.45) is 0.806. The van der Waals surface area contributed by atoms with E-state index in [1.54, 1.807) is 29.2 Å². The molecule has 0 atom stereocenters. The quantitative estimate of drug-likeness (QED) is 0.114. The molecule has 0 aliphatic carbocycles. The van der Waals surface area contributed by atoms with Crippen LogP contribution in [0.4, 0.5) is 11.4 Å². The van der Waals surface area contributed by atoms with E-state index in [4.69, 9.17) is 9.84 Å². The van der Waals surface area contributed by atoms with Gasteiger partial charge in [-0.05, 0) is 24.3 Å². The number of esters is 1. The van der Waals surface area contributed by atoms with E-state index < -0.39 is 23.8 Å². The predicted molar refractivity (Wildman–Crippen MR) is 156 cm³/mol. The van der Waals surface area contributed by atoms with Gasteiger partial charge in [0.2, 0.25) is 11.8 Å². The molecule has 0 saturated carbocycles. The van der Waals surface area contributed by atoms with Crippen LogP contribution in [0.1, 0.15) is 0 Å². The Morgan fingerprint density at radius 3 is 1.63 bits per heavy atom. The van der Waals surface area contributed by atoms with E-state index in [-0.39, 0.29) is 45.2 Å². The van der Waals surface area contributed by atoms with E-state index in [0.29, 0.717) is 63.7 Å². The number of carboxylic acid groups (broad SMARTS) is 2. The molecule has 0 spiro atoms. The molecule has 1 aromatic rings. The largest absolute Gasteiger partial charge is 0.480 e. The van der Waals surface area contributed by atoms with E-state index in [1.165, 1.54) is 7.11 Å². The SMILES string of the molecule is COC(=O)CN1CCN(CC=O)CCN(CC(=O)Nc2ccc(NC(=O)CNCC(=O)O)cc2)CCN(CC(=O)O)CC1. The minimum Gasteiger partial charge on any atom is -0.480 e. The molecule has 2 amide bonds. The molecule has 0 unspecified atom stereocenters. The molecule has 2 rings (SSSR count). The summed E-state index contributed by atoms with van der Waals surface area (Å²) in [4.78, 5) is 77.5. The Labute approximate surface area is 249 Å². The van der Waals surface area contributed by atoms with Crippen molar-refractivity contribution in [1.29, 1.82) is 0 Å². The molecule has 0 aromatic heterocycles. The maximum Gasteiger partial charge on any atom is 0.319 e. The Morgan fingerprint density at radius 1 is 0.698 bits per heavy atom. The van der Waals surface area contributed by atoms with Crippen molar-refractivity contribution in [1.82, 2.24) is 24.9 Å². The number of amides is 2. The van der Waals surface area contributed by atoms with E-state index in [0.717, 1.165) is 6.29 Å². The van der Waals surface area contributed by atoms with Crippen molar-refractivity contribution in [3.05, 3.63) is 24.3 Å². The first kappa shape index (κ1) is 35.2. The first-order valence-electron chi connectivity index (χ1n) is 13.8. The zero-order valence-corrected chi connectivity index (χ0v) is 24.3. The molecule has 1 aliphatic heterocycles. The molecular formula is C27H41N7O9. The third kappa shape index (κ3) is 15.2. The lowest BCUT2D eigenvalue weighted by atomic mass is 10.2. The van der Waals surface area contributed by atoms with Crippen LogP contribution in [0.2, 0.25) is 0 Å². The van der Waals surface area contributed by atoms with Crippen LogP contribution in [0, 0.1) is 0 Å². The number of hydrogen-bond donors (Lipinski definition) is 5. The molecule has 1 fully saturated rings. The number of carbonyl (C=O) groups excluding carboxylic acids is 4. The highest BCUT2D eigenvalue weighted by Gasteiger charge is 2.20. The van der Waals surface area contributed by atoms with E-state index in [2.05, 4.69) is 16.0 Å². The van der Waals surface area contributed by atoms with E-state index in [9.17, 15) is 33.9 Å². The number of aldehydes is 1. The lowest BCUT2D eigenvalue weighted by molar-refractivity contribution is -0.142. The molecule has 0 radical (unpaired) electrons. The van der Waals surface area contributed by atoms with Gasteiger partial charge in [-0.1, -0.05) is 0 Å². The monoisotopic (exact) mass is 607 g/mol. The average molecular weight is 608 g/mol. The summed E-state index contributed by atoms with van der Waals surface area (Å²) in [6.45, 7) is 3.04. The van der Waals surface area contributed by atoms with Crippen LogP contribution in [0.25, 0.3) is 0 Å². The number of benzene rings is 1. The molecule has 1 saturated heterocycles. The number of rotatable bonds is 14. The standard InChI is InChI=1S/C27H41N7O9/c1-43-27(42)20-34-9-7-31(14-15-35)6-8-32(10-11-33(12-13-34)19-26(40)41)18-24(37)30-22-4-2-21(3-5-22)29-23(36)16-28-17-25(38)39/h2-5,15,28H,6-14,16-20H2,1H3,(H,29,36)(H,30,37)(H,38,39)(H,40,41). The minimum absolute atomic E-state index is 0.0258. The summed E-state index contributed by atoms with van der Waals surface area (Å²) in [6, 6.07) is 6.45. The normalized spacial score (nSPS) is 16.3. The van der Waals surface area contributed by atoms with Crippen molar-refractivity contribution in [2.75, 3.05) is 109 Å². The molecule has 238 valence electrons. The smallest absolute Gasteiger partial charge is 0.319 e. The lowest BCUT2D eigenvalue weighted by Crippen LogP contribution is -2.49. The topological polar surface area (TPSA) is 201 Å². The van der Waals surface area contributed by atoms with Crippen LogP contribution < -0.4 is 16.0 Å². The van der Waals surface area contributed by atoms with Crippen molar-refractivity contribution in [2.24, 2.45) is 0 Å². The Morgan fingerprint density at radius 2 is 1.16 bits per heavy atom. The summed E-state index contributed by atoms with van der Waals surface area (Å²) < 4.78 is 4.79. The van der Waals surface area contributed by atoms with Gasteiger partial charge in [0.25, 0.3) is 0 Å². The summed E-state index contributed by atoms with van der Waals surface area (Å²) in [5.74, 6) is -3.16. The molecule has 43 heavy (non-hydrogen) atoms. The summed E-state index contributed by atoms with van der Waals surface area (Å²) >= 11 is 0. The molecule has 1 aliphatic rings. The number of methoxy groups -OCH3 is 1. The predicted octanol–water partition coefficient (Wildman–Crippen LogP) is -2.08. The van der Waals surface area contributed by atoms with Crippen LogP contribution in [0.15, 0.2) is 24.3 Å².